The van der Waals surface area contributed by atoms with Gasteiger partial charge in [-0.15, -0.1) is 0 Å². The summed E-state index contributed by atoms with van der Waals surface area (Å²) in [6.07, 6.45) is 4.57. The Morgan fingerprint density at radius 2 is 1.25 bits per heavy atom. The van der Waals surface area contributed by atoms with Crippen LogP contribution in [0.15, 0.2) is 24.3 Å². The molecule has 0 atom stereocenters. The van der Waals surface area contributed by atoms with E-state index >= 15 is 0 Å². The lowest BCUT2D eigenvalue weighted by Crippen LogP contribution is -2.37. The first-order valence-corrected chi connectivity index (χ1v) is 11.6. The van der Waals surface area contributed by atoms with Gasteiger partial charge in [-0.3, -0.25) is 0 Å². The molecular formula is C28H40O4. The molecule has 0 bridgehead atoms. The molecule has 0 aromatic heterocycles. The second-order valence-electron chi connectivity index (χ2n) is 10.0. The van der Waals surface area contributed by atoms with Crippen LogP contribution in [0.2, 0.25) is 0 Å². The van der Waals surface area contributed by atoms with Crippen LogP contribution in [0.5, 0.6) is 23.0 Å². The maximum Gasteiger partial charge on any atom is 0.129 e. The SMILES string of the molecule is COc1ccc(C2(C)CCC(C(C)(C)c3ccc(OC)c(C)c3OC)CC2)c(OC)c1C. The lowest BCUT2D eigenvalue weighted by molar-refractivity contribution is 0.173. The predicted molar refractivity (Wildman–Crippen MR) is 131 cm³/mol. The van der Waals surface area contributed by atoms with Crippen molar-refractivity contribution in [3.05, 3.63) is 46.5 Å². The molecule has 176 valence electrons. The van der Waals surface area contributed by atoms with E-state index in [9.17, 15) is 0 Å². The van der Waals surface area contributed by atoms with E-state index in [0.29, 0.717) is 5.92 Å². The molecule has 0 saturated heterocycles. The number of hydrogen-bond acceptors (Lipinski definition) is 4. The van der Waals surface area contributed by atoms with Gasteiger partial charge in [0.2, 0.25) is 0 Å². The fourth-order valence-electron chi connectivity index (χ4n) is 5.76. The Bertz CT molecular complexity index is 952. The van der Waals surface area contributed by atoms with Gasteiger partial charge in [-0.2, -0.15) is 0 Å². The Labute approximate surface area is 194 Å². The lowest BCUT2D eigenvalue weighted by Gasteiger charge is -2.45. The summed E-state index contributed by atoms with van der Waals surface area (Å²) in [5.74, 6) is 4.25. The zero-order valence-electron chi connectivity index (χ0n) is 21.3. The van der Waals surface area contributed by atoms with Crippen LogP contribution in [0.1, 0.15) is 68.7 Å². The average molecular weight is 441 g/mol. The topological polar surface area (TPSA) is 36.9 Å². The Hall–Kier alpha value is -2.36. The van der Waals surface area contributed by atoms with E-state index < -0.39 is 0 Å². The van der Waals surface area contributed by atoms with E-state index in [4.69, 9.17) is 18.9 Å². The van der Waals surface area contributed by atoms with Crippen LogP contribution in [-0.2, 0) is 10.8 Å². The molecule has 0 unspecified atom stereocenters. The van der Waals surface area contributed by atoms with Crippen molar-refractivity contribution in [2.45, 2.75) is 71.1 Å². The van der Waals surface area contributed by atoms with Crippen molar-refractivity contribution < 1.29 is 18.9 Å². The van der Waals surface area contributed by atoms with E-state index in [1.165, 1.54) is 11.1 Å². The van der Waals surface area contributed by atoms with Crippen LogP contribution in [0, 0.1) is 19.8 Å². The molecule has 3 rings (SSSR count). The standard InChI is InChI=1S/C28H40O4/c1-18-23(29-6)12-10-21(25(18)31-8)27(3,4)20-14-16-28(5,17-15-20)22-11-13-24(30-7)19(2)26(22)32-9/h10-13,20H,14-17H2,1-9H3. The van der Waals surface area contributed by atoms with E-state index in [1.807, 2.05) is 0 Å². The first kappa shape index (κ1) is 24.3. The Balaban J connectivity index is 1.89. The first-order valence-electron chi connectivity index (χ1n) is 11.6. The normalized spacial score (nSPS) is 21.2. The summed E-state index contributed by atoms with van der Waals surface area (Å²) in [7, 11) is 6.95. The number of rotatable bonds is 7. The maximum absolute atomic E-state index is 5.86. The van der Waals surface area contributed by atoms with Gasteiger partial charge in [-0.1, -0.05) is 32.9 Å². The summed E-state index contributed by atoms with van der Waals surface area (Å²) in [5, 5.41) is 0. The Kier molecular flexibility index (Phi) is 7.02. The van der Waals surface area contributed by atoms with Crippen molar-refractivity contribution in [3.8, 4) is 23.0 Å². The molecule has 2 aromatic rings. The maximum atomic E-state index is 5.86. The molecule has 1 aliphatic carbocycles. The van der Waals surface area contributed by atoms with Crippen LogP contribution in [-0.4, -0.2) is 28.4 Å². The van der Waals surface area contributed by atoms with Gasteiger partial charge in [-0.05, 0) is 68.4 Å². The molecule has 4 nitrogen and oxygen atoms in total. The molecule has 1 fully saturated rings. The highest BCUT2D eigenvalue weighted by Crippen LogP contribution is 2.52. The highest BCUT2D eigenvalue weighted by atomic mass is 16.5. The minimum absolute atomic E-state index is 0.00359. The molecule has 1 saturated carbocycles. The number of hydrogen-bond donors (Lipinski definition) is 0. The van der Waals surface area contributed by atoms with Gasteiger partial charge < -0.3 is 18.9 Å². The zero-order chi connectivity index (χ0) is 23.7. The summed E-state index contributed by atoms with van der Waals surface area (Å²) in [5.41, 5.74) is 4.81. The molecular weight excluding hydrogens is 400 g/mol. The zero-order valence-corrected chi connectivity index (χ0v) is 21.3. The number of methoxy groups -OCH3 is 4. The van der Waals surface area contributed by atoms with Crippen molar-refractivity contribution in [1.29, 1.82) is 0 Å². The van der Waals surface area contributed by atoms with E-state index in [0.717, 1.165) is 59.8 Å². The molecule has 0 N–H and O–H groups in total. The summed E-state index contributed by atoms with van der Waals surface area (Å²) in [6, 6.07) is 8.55. The molecule has 0 aliphatic heterocycles. The largest absolute Gasteiger partial charge is 0.496 e. The predicted octanol–water partition coefficient (Wildman–Crippen LogP) is 6.76. The van der Waals surface area contributed by atoms with Crippen LogP contribution in [0.25, 0.3) is 0 Å². The van der Waals surface area contributed by atoms with E-state index in [2.05, 4.69) is 58.9 Å². The molecule has 1 aliphatic rings. The lowest BCUT2D eigenvalue weighted by atomic mass is 9.60. The average Bonchev–Trinajstić information content (AvgIpc) is 2.78. The molecule has 0 spiro atoms. The highest BCUT2D eigenvalue weighted by molar-refractivity contribution is 5.53. The van der Waals surface area contributed by atoms with E-state index in [-0.39, 0.29) is 10.8 Å². The molecule has 0 amide bonds. The van der Waals surface area contributed by atoms with Gasteiger partial charge >= 0.3 is 0 Å². The molecule has 2 aromatic carbocycles. The van der Waals surface area contributed by atoms with Gasteiger partial charge in [0.1, 0.15) is 23.0 Å². The van der Waals surface area contributed by atoms with Crippen LogP contribution in [0.4, 0.5) is 0 Å². The minimum Gasteiger partial charge on any atom is -0.496 e. The Morgan fingerprint density at radius 1 is 0.750 bits per heavy atom. The monoisotopic (exact) mass is 440 g/mol. The minimum atomic E-state index is 0.00359. The summed E-state index contributed by atoms with van der Waals surface area (Å²) < 4.78 is 22.8. The van der Waals surface area contributed by atoms with Gasteiger partial charge in [0, 0.05) is 22.3 Å². The third kappa shape index (κ3) is 4.04. The first-order chi connectivity index (χ1) is 15.1. The van der Waals surface area contributed by atoms with E-state index in [1.54, 1.807) is 28.4 Å². The second kappa shape index (κ2) is 9.25. The second-order valence-corrected chi connectivity index (χ2v) is 10.0. The smallest absolute Gasteiger partial charge is 0.129 e. The molecule has 32 heavy (non-hydrogen) atoms. The van der Waals surface area contributed by atoms with Gasteiger partial charge in [0.05, 0.1) is 28.4 Å². The molecule has 4 heteroatoms. The molecule has 0 heterocycles. The quantitative estimate of drug-likeness (QED) is 0.476. The van der Waals surface area contributed by atoms with Gasteiger partial charge in [-0.25, -0.2) is 0 Å². The van der Waals surface area contributed by atoms with Crippen molar-refractivity contribution >= 4 is 0 Å². The van der Waals surface area contributed by atoms with Crippen molar-refractivity contribution in [1.82, 2.24) is 0 Å². The van der Waals surface area contributed by atoms with Crippen molar-refractivity contribution in [3.63, 3.8) is 0 Å². The third-order valence-corrected chi connectivity index (χ3v) is 8.01. The third-order valence-electron chi connectivity index (χ3n) is 8.01. The highest BCUT2D eigenvalue weighted by Gasteiger charge is 2.42. The Morgan fingerprint density at radius 3 is 1.75 bits per heavy atom. The molecule has 0 radical (unpaired) electrons. The fourth-order valence-corrected chi connectivity index (χ4v) is 5.76. The van der Waals surface area contributed by atoms with Gasteiger partial charge in [0.15, 0.2) is 0 Å². The van der Waals surface area contributed by atoms with Crippen LogP contribution >= 0.6 is 0 Å². The fraction of sp³-hybridized carbons (Fsp3) is 0.571. The van der Waals surface area contributed by atoms with Gasteiger partial charge in [0.25, 0.3) is 0 Å². The number of ether oxygens (including phenoxy) is 4. The van der Waals surface area contributed by atoms with Crippen LogP contribution in [0.3, 0.4) is 0 Å². The summed E-state index contributed by atoms with van der Waals surface area (Å²) in [6.45, 7) is 11.3. The van der Waals surface area contributed by atoms with Crippen molar-refractivity contribution in [2.75, 3.05) is 28.4 Å². The summed E-state index contributed by atoms with van der Waals surface area (Å²) in [4.78, 5) is 0. The van der Waals surface area contributed by atoms with Crippen LogP contribution < -0.4 is 18.9 Å². The number of benzene rings is 2. The summed E-state index contributed by atoms with van der Waals surface area (Å²) >= 11 is 0. The van der Waals surface area contributed by atoms with Crippen molar-refractivity contribution in [2.24, 2.45) is 5.92 Å².